The number of carbonyl (C=O) groups excluding carboxylic acids is 1. The lowest BCUT2D eigenvalue weighted by molar-refractivity contribution is -0.117. The van der Waals surface area contributed by atoms with Crippen LogP contribution in [-0.2, 0) is 21.2 Å². The molecule has 0 spiro atoms. The smallest absolute Gasteiger partial charge is 0.228 e. The summed E-state index contributed by atoms with van der Waals surface area (Å²) in [6.07, 6.45) is 3.59. The fourth-order valence-corrected chi connectivity index (χ4v) is 5.14. The second kappa shape index (κ2) is 7.72. The number of imidazole rings is 1. The molecule has 5 rings (SSSR count). The number of anilines is 1. The van der Waals surface area contributed by atoms with Crippen LogP contribution >= 0.6 is 0 Å². The summed E-state index contributed by atoms with van der Waals surface area (Å²) in [6.45, 7) is 1.23. The van der Waals surface area contributed by atoms with Crippen molar-refractivity contribution in [2.45, 2.75) is 19.4 Å². The Kier molecular flexibility index (Phi) is 5.02. The number of amides is 1. The molecule has 7 nitrogen and oxygen atoms in total. The number of carbonyl (C=O) groups is 1. The van der Waals surface area contributed by atoms with E-state index in [1.54, 1.807) is 12.3 Å². The Morgan fingerprint density at radius 1 is 1.16 bits per heavy atom. The molecule has 2 aromatic heterocycles. The first kappa shape index (κ1) is 20.1. The van der Waals surface area contributed by atoms with E-state index in [-0.39, 0.29) is 29.1 Å². The van der Waals surface area contributed by atoms with Crippen molar-refractivity contribution in [2.75, 3.05) is 29.9 Å². The SMILES string of the molecule is O=C(Nc1cn2c(-c3ccc(CN4CCS(=O)(=O)CC4)c(F)c3)cccc2n1)C1CC1. The van der Waals surface area contributed by atoms with Gasteiger partial charge in [-0.05, 0) is 31.0 Å². The van der Waals surface area contributed by atoms with Gasteiger partial charge < -0.3 is 5.32 Å². The first-order valence-corrected chi connectivity index (χ1v) is 12.2. The minimum absolute atomic E-state index is 0.00846. The molecule has 1 amide bonds. The Balaban J connectivity index is 1.38. The molecule has 3 aromatic rings. The van der Waals surface area contributed by atoms with Crippen LogP contribution in [0.2, 0.25) is 0 Å². The van der Waals surface area contributed by atoms with E-state index in [0.717, 1.165) is 18.5 Å². The number of pyridine rings is 1. The number of aromatic nitrogens is 2. The molecule has 0 bridgehead atoms. The van der Waals surface area contributed by atoms with E-state index >= 15 is 0 Å². The van der Waals surface area contributed by atoms with Crippen LogP contribution in [0.25, 0.3) is 16.9 Å². The molecule has 0 unspecified atom stereocenters. The number of nitrogens with zero attached hydrogens (tertiary/aromatic N) is 3. The Bertz CT molecular complexity index is 1250. The van der Waals surface area contributed by atoms with Gasteiger partial charge in [0, 0.05) is 36.7 Å². The number of fused-ring (bicyclic) bond motifs is 1. The second-order valence-electron chi connectivity index (χ2n) is 8.26. The summed E-state index contributed by atoms with van der Waals surface area (Å²) in [5, 5.41) is 2.85. The number of hydrogen-bond acceptors (Lipinski definition) is 5. The zero-order chi connectivity index (χ0) is 21.6. The molecule has 1 aliphatic carbocycles. The van der Waals surface area contributed by atoms with Gasteiger partial charge in [-0.3, -0.25) is 14.1 Å². The molecule has 3 heterocycles. The maximum Gasteiger partial charge on any atom is 0.228 e. The van der Waals surface area contributed by atoms with Gasteiger partial charge in [-0.1, -0.05) is 18.2 Å². The predicted octanol–water partition coefficient (Wildman–Crippen LogP) is 2.72. The van der Waals surface area contributed by atoms with Gasteiger partial charge in [-0.2, -0.15) is 0 Å². The minimum atomic E-state index is -2.96. The number of rotatable bonds is 5. The van der Waals surface area contributed by atoms with Crippen LogP contribution in [0.15, 0.2) is 42.6 Å². The topological polar surface area (TPSA) is 83.8 Å². The highest BCUT2D eigenvalue weighted by Gasteiger charge is 2.30. The highest BCUT2D eigenvalue weighted by Crippen LogP contribution is 2.30. The largest absolute Gasteiger partial charge is 0.309 e. The molecule has 1 saturated carbocycles. The number of benzene rings is 1. The van der Waals surface area contributed by atoms with Crippen molar-refractivity contribution >= 4 is 27.2 Å². The average Bonchev–Trinajstić information content (AvgIpc) is 3.51. The van der Waals surface area contributed by atoms with Crippen molar-refractivity contribution in [2.24, 2.45) is 5.92 Å². The number of nitrogens with one attached hydrogen (secondary N) is 1. The minimum Gasteiger partial charge on any atom is -0.309 e. The molecule has 9 heteroatoms. The summed E-state index contributed by atoms with van der Waals surface area (Å²) in [5.74, 6) is 0.479. The standard InChI is InChI=1S/C22H23FN4O3S/c23-18-12-16(6-7-17(18)13-26-8-10-31(29,30)11-9-26)19-2-1-3-21-24-20(14-27(19)21)25-22(28)15-4-5-15/h1-3,6-7,12,14-15H,4-5,8-11,13H2,(H,25,28). The van der Waals surface area contributed by atoms with E-state index in [0.29, 0.717) is 42.2 Å². The van der Waals surface area contributed by atoms with E-state index in [2.05, 4.69) is 10.3 Å². The van der Waals surface area contributed by atoms with Gasteiger partial charge in [0.15, 0.2) is 15.7 Å². The molecule has 2 aliphatic rings. The van der Waals surface area contributed by atoms with Gasteiger partial charge in [-0.25, -0.2) is 17.8 Å². The first-order chi connectivity index (χ1) is 14.9. The number of halogens is 1. The van der Waals surface area contributed by atoms with Gasteiger partial charge in [0.1, 0.15) is 11.5 Å². The van der Waals surface area contributed by atoms with E-state index < -0.39 is 9.84 Å². The molecular weight excluding hydrogens is 419 g/mol. The molecule has 0 atom stereocenters. The van der Waals surface area contributed by atoms with Crippen molar-refractivity contribution in [3.63, 3.8) is 0 Å². The van der Waals surface area contributed by atoms with E-state index in [1.165, 1.54) is 6.07 Å². The maximum absolute atomic E-state index is 14.9. The molecule has 162 valence electrons. The summed E-state index contributed by atoms with van der Waals surface area (Å²) in [7, 11) is -2.96. The van der Waals surface area contributed by atoms with Crippen molar-refractivity contribution in [3.8, 4) is 11.3 Å². The van der Waals surface area contributed by atoms with E-state index in [1.807, 2.05) is 33.6 Å². The summed E-state index contributed by atoms with van der Waals surface area (Å²) in [4.78, 5) is 18.5. The lowest BCUT2D eigenvalue weighted by Gasteiger charge is -2.26. The lowest BCUT2D eigenvalue weighted by Crippen LogP contribution is -2.39. The Hall–Kier alpha value is -2.78. The Morgan fingerprint density at radius 3 is 2.65 bits per heavy atom. The van der Waals surface area contributed by atoms with Crippen LogP contribution in [0.4, 0.5) is 10.2 Å². The maximum atomic E-state index is 14.9. The fourth-order valence-electron chi connectivity index (χ4n) is 3.86. The zero-order valence-corrected chi connectivity index (χ0v) is 17.7. The molecule has 2 fully saturated rings. The van der Waals surface area contributed by atoms with Gasteiger partial charge >= 0.3 is 0 Å². The van der Waals surface area contributed by atoms with Gasteiger partial charge in [-0.15, -0.1) is 0 Å². The van der Waals surface area contributed by atoms with Crippen LogP contribution in [-0.4, -0.2) is 53.2 Å². The first-order valence-electron chi connectivity index (χ1n) is 10.4. The molecule has 1 aromatic carbocycles. The quantitative estimate of drug-likeness (QED) is 0.657. The Labute approximate surface area is 179 Å². The molecule has 1 saturated heterocycles. The molecule has 0 radical (unpaired) electrons. The summed E-state index contributed by atoms with van der Waals surface area (Å²) in [6, 6.07) is 10.7. The lowest BCUT2D eigenvalue weighted by atomic mass is 10.1. The second-order valence-corrected chi connectivity index (χ2v) is 10.6. The summed E-state index contributed by atoms with van der Waals surface area (Å²) in [5.41, 5.74) is 2.68. The predicted molar refractivity (Wildman–Crippen MR) is 116 cm³/mol. The van der Waals surface area contributed by atoms with Crippen LogP contribution in [0.5, 0.6) is 0 Å². The van der Waals surface area contributed by atoms with Gasteiger partial charge in [0.25, 0.3) is 0 Å². The monoisotopic (exact) mass is 442 g/mol. The summed E-state index contributed by atoms with van der Waals surface area (Å²) >= 11 is 0. The third-order valence-corrected chi connectivity index (χ3v) is 7.48. The van der Waals surface area contributed by atoms with E-state index in [9.17, 15) is 17.6 Å². The third kappa shape index (κ3) is 4.33. The normalized spacial score (nSPS) is 18.9. The highest BCUT2D eigenvalue weighted by atomic mass is 32.2. The van der Waals surface area contributed by atoms with Crippen molar-refractivity contribution in [1.82, 2.24) is 14.3 Å². The molecular formula is C22H23FN4O3S. The molecule has 31 heavy (non-hydrogen) atoms. The molecule has 1 aliphatic heterocycles. The van der Waals surface area contributed by atoms with Crippen LogP contribution < -0.4 is 5.32 Å². The third-order valence-electron chi connectivity index (χ3n) is 5.87. The zero-order valence-electron chi connectivity index (χ0n) is 16.9. The number of sulfone groups is 1. The fraction of sp³-hybridized carbons (Fsp3) is 0.364. The van der Waals surface area contributed by atoms with Crippen molar-refractivity contribution in [1.29, 1.82) is 0 Å². The number of hydrogen-bond donors (Lipinski definition) is 1. The van der Waals surface area contributed by atoms with E-state index in [4.69, 9.17) is 0 Å². The highest BCUT2D eigenvalue weighted by molar-refractivity contribution is 7.91. The van der Waals surface area contributed by atoms with Gasteiger partial charge in [0.2, 0.25) is 5.91 Å². The Morgan fingerprint density at radius 2 is 1.94 bits per heavy atom. The summed E-state index contributed by atoms with van der Waals surface area (Å²) < 4.78 is 39.9. The van der Waals surface area contributed by atoms with Crippen molar-refractivity contribution in [3.05, 3.63) is 54.0 Å². The van der Waals surface area contributed by atoms with Crippen LogP contribution in [0, 0.1) is 11.7 Å². The van der Waals surface area contributed by atoms with Crippen LogP contribution in [0.1, 0.15) is 18.4 Å². The molecule has 1 N–H and O–H groups in total. The van der Waals surface area contributed by atoms with Crippen molar-refractivity contribution < 1.29 is 17.6 Å². The van der Waals surface area contributed by atoms with Gasteiger partial charge in [0.05, 0.1) is 23.4 Å². The average molecular weight is 443 g/mol. The van der Waals surface area contributed by atoms with Crippen LogP contribution in [0.3, 0.4) is 0 Å².